The molecule has 0 aliphatic heterocycles. The summed E-state index contributed by atoms with van der Waals surface area (Å²) in [7, 11) is -3.44. The van der Waals surface area contributed by atoms with Crippen molar-refractivity contribution in [1.29, 1.82) is 0 Å². The van der Waals surface area contributed by atoms with Crippen LogP contribution in [0.15, 0.2) is 48.5 Å². The van der Waals surface area contributed by atoms with E-state index in [9.17, 15) is 18.0 Å². The average Bonchev–Trinajstić information content (AvgIpc) is 2.67. The van der Waals surface area contributed by atoms with Gasteiger partial charge >= 0.3 is 0 Å². The number of benzene rings is 2. The second kappa shape index (κ2) is 9.56. The molecule has 0 spiro atoms. The molecule has 2 aromatic rings. The number of amides is 2. The predicted molar refractivity (Wildman–Crippen MR) is 115 cm³/mol. The summed E-state index contributed by atoms with van der Waals surface area (Å²) in [5.41, 5.74) is 2.03. The lowest BCUT2D eigenvalue weighted by Gasteiger charge is -2.24. The molecule has 0 heterocycles. The van der Waals surface area contributed by atoms with Crippen LogP contribution in [0.4, 0.5) is 11.4 Å². The minimum absolute atomic E-state index is 0.0956. The summed E-state index contributed by atoms with van der Waals surface area (Å²) in [5, 5.41) is 5.58. The van der Waals surface area contributed by atoms with E-state index < -0.39 is 16.1 Å². The van der Waals surface area contributed by atoms with Crippen molar-refractivity contribution in [1.82, 2.24) is 5.32 Å². The maximum absolute atomic E-state index is 12.9. The zero-order valence-electron chi connectivity index (χ0n) is 17.0. The van der Waals surface area contributed by atoms with Crippen LogP contribution < -0.4 is 15.4 Å². The quantitative estimate of drug-likeness (QED) is 0.614. The summed E-state index contributed by atoms with van der Waals surface area (Å²) >= 11 is 0. The number of aryl methyl sites for hydroxylation is 1. The maximum atomic E-state index is 12.9. The van der Waals surface area contributed by atoms with Gasteiger partial charge < -0.3 is 10.6 Å². The van der Waals surface area contributed by atoms with Gasteiger partial charge in [0.15, 0.2) is 0 Å². The van der Waals surface area contributed by atoms with Crippen molar-refractivity contribution in [3.8, 4) is 0 Å². The summed E-state index contributed by atoms with van der Waals surface area (Å²) in [4.78, 5) is 25.4. The molecule has 0 aromatic heterocycles. The lowest BCUT2D eigenvalue weighted by molar-refractivity contribution is -0.119. The smallest absolute Gasteiger partial charge is 0.251 e. The van der Waals surface area contributed by atoms with Gasteiger partial charge in [-0.15, -0.1) is 0 Å². The standard InChI is InChI=1S/C21H27N3O4S/c1-5-14(2)19(23-20(25)16-9-7-6-8-10-16)21(26)22-17-12-11-15(3)18(13-17)24-29(4,27)28/h6-14,19,24H,5H2,1-4H3,(H,22,26)(H,23,25). The molecule has 0 saturated heterocycles. The lowest BCUT2D eigenvalue weighted by atomic mass is 9.97. The lowest BCUT2D eigenvalue weighted by Crippen LogP contribution is -2.47. The van der Waals surface area contributed by atoms with Crippen molar-refractivity contribution in [2.45, 2.75) is 33.2 Å². The molecule has 156 valence electrons. The highest BCUT2D eigenvalue weighted by Crippen LogP contribution is 2.22. The molecular weight excluding hydrogens is 390 g/mol. The van der Waals surface area contributed by atoms with Gasteiger partial charge in [0, 0.05) is 11.3 Å². The molecule has 3 N–H and O–H groups in total. The van der Waals surface area contributed by atoms with Gasteiger partial charge in [-0.2, -0.15) is 0 Å². The molecule has 0 radical (unpaired) electrons. The first kappa shape index (κ1) is 22.4. The Morgan fingerprint density at radius 1 is 1.07 bits per heavy atom. The van der Waals surface area contributed by atoms with Crippen LogP contribution in [0.5, 0.6) is 0 Å². The highest BCUT2D eigenvalue weighted by Gasteiger charge is 2.26. The molecule has 2 amide bonds. The summed E-state index contributed by atoms with van der Waals surface area (Å²) in [6.07, 6.45) is 1.76. The summed E-state index contributed by atoms with van der Waals surface area (Å²) < 4.78 is 25.5. The van der Waals surface area contributed by atoms with Gasteiger partial charge in [-0.3, -0.25) is 14.3 Å². The van der Waals surface area contributed by atoms with Crippen molar-refractivity contribution < 1.29 is 18.0 Å². The van der Waals surface area contributed by atoms with Gasteiger partial charge in [0.05, 0.1) is 11.9 Å². The molecule has 7 nitrogen and oxygen atoms in total. The van der Waals surface area contributed by atoms with Gasteiger partial charge in [-0.25, -0.2) is 8.42 Å². The van der Waals surface area contributed by atoms with E-state index in [2.05, 4.69) is 15.4 Å². The predicted octanol–water partition coefficient (Wildman–Crippen LogP) is 3.15. The molecular formula is C21H27N3O4S. The van der Waals surface area contributed by atoms with Crippen LogP contribution in [-0.2, 0) is 14.8 Å². The van der Waals surface area contributed by atoms with Gasteiger partial charge in [0.1, 0.15) is 6.04 Å². The molecule has 0 saturated carbocycles. The zero-order chi connectivity index (χ0) is 21.6. The SMILES string of the molecule is CCC(C)C(NC(=O)c1ccccc1)C(=O)Nc1ccc(C)c(NS(C)(=O)=O)c1. The van der Waals surface area contributed by atoms with E-state index in [0.29, 0.717) is 23.4 Å². The minimum Gasteiger partial charge on any atom is -0.340 e. The largest absolute Gasteiger partial charge is 0.340 e. The molecule has 2 aromatic carbocycles. The van der Waals surface area contributed by atoms with Crippen molar-refractivity contribution in [3.05, 3.63) is 59.7 Å². The minimum atomic E-state index is -3.44. The number of hydrogen-bond donors (Lipinski definition) is 3. The number of nitrogens with one attached hydrogen (secondary N) is 3. The fourth-order valence-electron chi connectivity index (χ4n) is 2.75. The second-order valence-electron chi connectivity index (χ2n) is 7.10. The van der Waals surface area contributed by atoms with Crippen molar-refractivity contribution in [2.75, 3.05) is 16.3 Å². The summed E-state index contributed by atoms with van der Waals surface area (Å²) in [5.74, 6) is -0.783. The molecule has 2 rings (SSSR count). The Bertz CT molecular complexity index is 975. The van der Waals surface area contributed by atoms with Gasteiger partial charge in [-0.1, -0.05) is 44.5 Å². The number of sulfonamides is 1. The zero-order valence-corrected chi connectivity index (χ0v) is 17.8. The van der Waals surface area contributed by atoms with E-state index >= 15 is 0 Å². The number of carbonyl (C=O) groups is 2. The highest BCUT2D eigenvalue weighted by atomic mass is 32.2. The van der Waals surface area contributed by atoms with Gasteiger partial charge in [0.25, 0.3) is 5.91 Å². The first-order valence-electron chi connectivity index (χ1n) is 9.36. The van der Waals surface area contributed by atoms with E-state index in [1.165, 1.54) is 0 Å². The molecule has 0 fully saturated rings. The number of carbonyl (C=O) groups excluding carboxylic acids is 2. The Morgan fingerprint density at radius 2 is 1.72 bits per heavy atom. The fourth-order valence-corrected chi connectivity index (χ4v) is 3.36. The summed E-state index contributed by atoms with van der Waals surface area (Å²) in [6, 6.07) is 12.9. The fraction of sp³-hybridized carbons (Fsp3) is 0.333. The van der Waals surface area contributed by atoms with Crippen LogP contribution in [0.2, 0.25) is 0 Å². The topological polar surface area (TPSA) is 104 Å². The maximum Gasteiger partial charge on any atom is 0.251 e. The Morgan fingerprint density at radius 3 is 2.31 bits per heavy atom. The van der Waals surface area contributed by atoms with E-state index in [0.717, 1.165) is 11.8 Å². The third-order valence-electron chi connectivity index (χ3n) is 4.62. The molecule has 2 atom stereocenters. The molecule has 2 unspecified atom stereocenters. The van der Waals surface area contributed by atoms with Crippen LogP contribution in [0.1, 0.15) is 36.2 Å². The van der Waals surface area contributed by atoms with Crippen molar-refractivity contribution in [2.24, 2.45) is 5.92 Å². The van der Waals surface area contributed by atoms with E-state index in [4.69, 9.17) is 0 Å². The van der Waals surface area contributed by atoms with Gasteiger partial charge in [-0.05, 0) is 42.7 Å². The molecule has 29 heavy (non-hydrogen) atoms. The Labute approximate surface area is 172 Å². The first-order chi connectivity index (χ1) is 13.6. The Kier molecular flexibility index (Phi) is 7.39. The normalized spacial score (nSPS) is 13.2. The average molecular weight is 418 g/mol. The van der Waals surface area contributed by atoms with E-state index in [-0.39, 0.29) is 17.7 Å². The Hall–Kier alpha value is -2.87. The van der Waals surface area contributed by atoms with Crippen molar-refractivity contribution in [3.63, 3.8) is 0 Å². The number of rotatable bonds is 8. The molecule has 0 bridgehead atoms. The number of anilines is 2. The van der Waals surface area contributed by atoms with Gasteiger partial charge in [0.2, 0.25) is 15.9 Å². The molecule has 0 aliphatic carbocycles. The van der Waals surface area contributed by atoms with Crippen LogP contribution in [0, 0.1) is 12.8 Å². The van der Waals surface area contributed by atoms with Crippen molar-refractivity contribution >= 4 is 33.2 Å². The highest BCUT2D eigenvalue weighted by molar-refractivity contribution is 7.92. The second-order valence-corrected chi connectivity index (χ2v) is 8.84. The van der Waals surface area contributed by atoms with Crippen LogP contribution in [-0.4, -0.2) is 32.5 Å². The third-order valence-corrected chi connectivity index (χ3v) is 5.21. The molecule has 0 aliphatic rings. The van der Waals surface area contributed by atoms with Crippen LogP contribution >= 0.6 is 0 Å². The van der Waals surface area contributed by atoms with Crippen LogP contribution in [0.25, 0.3) is 0 Å². The van der Waals surface area contributed by atoms with E-state index in [1.807, 2.05) is 19.9 Å². The number of hydrogen-bond acceptors (Lipinski definition) is 4. The first-order valence-corrected chi connectivity index (χ1v) is 11.2. The third kappa shape index (κ3) is 6.60. The Balaban J connectivity index is 2.20. The van der Waals surface area contributed by atoms with E-state index in [1.54, 1.807) is 49.4 Å². The molecule has 8 heteroatoms. The summed E-state index contributed by atoms with van der Waals surface area (Å²) in [6.45, 7) is 5.60. The van der Waals surface area contributed by atoms with Crippen LogP contribution in [0.3, 0.4) is 0 Å². The monoisotopic (exact) mass is 417 g/mol.